The number of nitrogens with one attached hydrogen (secondary N) is 1. The Morgan fingerprint density at radius 3 is 2.05 bits per heavy atom. The summed E-state index contributed by atoms with van der Waals surface area (Å²) in [6.45, 7) is 3.52. The van der Waals surface area contributed by atoms with Gasteiger partial charge in [0, 0.05) is 17.7 Å². The van der Waals surface area contributed by atoms with Crippen molar-refractivity contribution in [3.05, 3.63) is 35.4 Å². The fraction of sp³-hybridized carbons (Fsp3) is 0.308. The van der Waals surface area contributed by atoms with E-state index in [9.17, 15) is 9.59 Å². The van der Waals surface area contributed by atoms with Crippen molar-refractivity contribution < 1.29 is 9.59 Å². The van der Waals surface area contributed by atoms with Crippen LogP contribution < -0.4 is 16.8 Å². The molecule has 0 spiro atoms. The minimum Gasteiger partial charge on any atom is -0.389 e. The van der Waals surface area contributed by atoms with Gasteiger partial charge in [-0.1, -0.05) is 24.4 Å². The summed E-state index contributed by atoms with van der Waals surface area (Å²) in [5, 5.41) is 2.67. The number of rotatable bonds is 5. The predicted molar refractivity (Wildman–Crippen MR) is 77.6 cm³/mol. The molecule has 0 unspecified atom stereocenters. The molecule has 102 valence electrons. The molecule has 0 bridgehead atoms. The summed E-state index contributed by atoms with van der Waals surface area (Å²) in [5.74, 6) is -0.736. The van der Waals surface area contributed by atoms with Crippen molar-refractivity contribution >= 4 is 29.0 Å². The third-order valence-electron chi connectivity index (χ3n) is 2.79. The average Bonchev–Trinajstić information content (AvgIpc) is 2.36. The lowest BCUT2D eigenvalue weighted by Crippen LogP contribution is -2.42. The van der Waals surface area contributed by atoms with Crippen molar-refractivity contribution in [3.8, 4) is 0 Å². The summed E-state index contributed by atoms with van der Waals surface area (Å²) in [4.78, 5) is 23.3. The van der Waals surface area contributed by atoms with Crippen molar-refractivity contribution in [1.82, 2.24) is 5.32 Å². The average molecular weight is 279 g/mol. The molecule has 0 aromatic heterocycles. The van der Waals surface area contributed by atoms with Crippen LogP contribution in [-0.4, -0.2) is 23.3 Å². The molecule has 0 atom stereocenters. The first kappa shape index (κ1) is 15.1. The normalized spacial score (nSPS) is 10.8. The van der Waals surface area contributed by atoms with Crippen molar-refractivity contribution in [2.75, 3.05) is 6.54 Å². The van der Waals surface area contributed by atoms with Crippen molar-refractivity contribution in [3.63, 3.8) is 0 Å². The maximum atomic E-state index is 11.9. The number of primary amides is 1. The van der Waals surface area contributed by atoms with Gasteiger partial charge in [0.25, 0.3) is 5.91 Å². The molecule has 0 saturated heterocycles. The van der Waals surface area contributed by atoms with E-state index in [-0.39, 0.29) is 17.4 Å². The highest BCUT2D eigenvalue weighted by atomic mass is 32.1. The quantitative estimate of drug-likeness (QED) is 0.686. The van der Waals surface area contributed by atoms with E-state index in [0.29, 0.717) is 11.1 Å². The van der Waals surface area contributed by atoms with Gasteiger partial charge < -0.3 is 16.8 Å². The molecule has 5 nitrogen and oxygen atoms in total. The van der Waals surface area contributed by atoms with Gasteiger partial charge in [0.15, 0.2) is 0 Å². The third-order valence-corrected chi connectivity index (χ3v) is 3.03. The van der Waals surface area contributed by atoms with Crippen LogP contribution in [0.5, 0.6) is 0 Å². The summed E-state index contributed by atoms with van der Waals surface area (Å²) < 4.78 is 0. The minimum absolute atomic E-state index is 0.179. The second-order valence-corrected chi connectivity index (χ2v) is 5.31. The molecule has 0 saturated carbocycles. The number of benzene rings is 1. The summed E-state index contributed by atoms with van der Waals surface area (Å²) in [6, 6.07) is 6.61. The Bertz CT molecular complexity index is 509. The zero-order valence-corrected chi connectivity index (χ0v) is 11.7. The highest BCUT2D eigenvalue weighted by molar-refractivity contribution is 7.80. The number of nitrogens with two attached hydrogens (primary N) is 2. The second-order valence-electron chi connectivity index (χ2n) is 4.87. The molecule has 1 rings (SSSR count). The Labute approximate surface area is 117 Å². The lowest BCUT2D eigenvalue weighted by atomic mass is 9.92. The van der Waals surface area contributed by atoms with Crippen molar-refractivity contribution in [2.45, 2.75) is 13.8 Å². The van der Waals surface area contributed by atoms with Gasteiger partial charge in [-0.25, -0.2) is 0 Å². The maximum absolute atomic E-state index is 11.9. The molecular weight excluding hydrogens is 262 g/mol. The van der Waals surface area contributed by atoms with E-state index in [1.54, 1.807) is 38.1 Å². The molecule has 6 heteroatoms. The molecule has 0 aliphatic carbocycles. The molecule has 1 aromatic carbocycles. The van der Waals surface area contributed by atoms with Crippen LogP contribution in [0.3, 0.4) is 0 Å². The van der Waals surface area contributed by atoms with Gasteiger partial charge >= 0.3 is 0 Å². The Morgan fingerprint density at radius 1 is 1.16 bits per heavy atom. The van der Waals surface area contributed by atoms with Crippen LogP contribution in [0.2, 0.25) is 0 Å². The van der Waals surface area contributed by atoms with Crippen LogP contribution in [0.15, 0.2) is 24.3 Å². The Kier molecular flexibility index (Phi) is 4.61. The van der Waals surface area contributed by atoms with Crippen molar-refractivity contribution in [2.24, 2.45) is 16.9 Å². The molecule has 19 heavy (non-hydrogen) atoms. The van der Waals surface area contributed by atoms with Gasteiger partial charge in [0.1, 0.15) is 4.99 Å². The van der Waals surface area contributed by atoms with Gasteiger partial charge in [-0.3, -0.25) is 9.59 Å². The van der Waals surface area contributed by atoms with Crippen LogP contribution in [0.25, 0.3) is 0 Å². The summed E-state index contributed by atoms with van der Waals surface area (Å²) >= 11 is 4.83. The second kappa shape index (κ2) is 5.79. The molecule has 0 radical (unpaired) electrons. The van der Waals surface area contributed by atoms with E-state index in [1.165, 1.54) is 0 Å². The SMILES string of the molecule is CC(C)(CNC(=O)c1ccc(C(N)=S)cc1)C(N)=O. The number of hydrogen-bond acceptors (Lipinski definition) is 3. The number of carbonyl (C=O) groups excluding carboxylic acids is 2. The molecule has 2 amide bonds. The van der Waals surface area contributed by atoms with Gasteiger partial charge in [0.2, 0.25) is 5.91 Å². The predicted octanol–water partition coefficient (Wildman–Crippen LogP) is 0.562. The first-order valence-corrected chi connectivity index (χ1v) is 6.13. The van der Waals surface area contributed by atoms with Gasteiger partial charge in [-0.15, -0.1) is 0 Å². The number of thiocarbonyl (C=S) groups is 1. The molecular formula is C13H17N3O2S. The van der Waals surface area contributed by atoms with Crippen LogP contribution >= 0.6 is 12.2 Å². The van der Waals surface area contributed by atoms with Crippen molar-refractivity contribution in [1.29, 1.82) is 0 Å². The van der Waals surface area contributed by atoms with E-state index >= 15 is 0 Å². The van der Waals surface area contributed by atoms with E-state index < -0.39 is 11.3 Å². The third kappa shape index (κ3) is 4.03. The molecule has 0 aliphatic rings. The lowest BCUT2D eigenvalue weighted by molar-refractivity contribution is -0.125. The summed E-state index contributed by atoms with van der Waals surface area (Å²) in [6.07, 6.45) is 0. The van der Waals surface area contributed by atoms with Crippen LogP contribution in [0, 0.1) is 5.41 Å². The Morgan fingerprint density at radius 2 is 1.63 bits per heavy atom. The topological polar surface area (TPSA) is 98.2 Å². The number of carbonyl (C=O) groups is 2. The first-order chi connectivity index (χ1) is 8.74. The van der Waals surface area contributed by atoms with Gasteiger partial charge in [-0.2, -0.15) is 0 Å². The number of amides is 2. The standard InChI is InChI=1S/C13H17N3O2S/c1-13(2,12(15)18)7-16-11(17)9-5-3-8(4-6-9)10(14)19/h3-6H,7H2,1-2H3,(H2,14,19)(H2,15,18)(H,16,17). The fourth-order valence-corrected chi connectivity index (χ4v) is 1.41. The fourth-order valence-electron chi connectivity index (χ4n) is 1.28. The van der Waals surface area contributed by atoms with Crippen LogP contribution in [0.1, 0.15) is 29.8 Å². The summed E-state index contributed by atoms with van der Waals surface area (Å²) in [7, 11) is 0. The molecule has 0 fully saturated rings. The maximum Gasteiger partial charge on any atom is 0.251 e. The number of hydrogen-bond donors (Lipinski definition) is 3. The first-order valence-electron chi connectivity index (χ1n) is 5.72. The highest BCUT2D eigenvalue weighted by Gasteiger charge is 2.25. The Balaban J connectivity index is 2.69. The van der Waals surface area contributed by atoms with E-state index in [1.807, 2.05) is 0 Å². The molecule has 0 aliphatic heterocycles. The monoisotopic (exact) mass is 279 g/mol. The van der Waals surface area contributed by atoms with E-state index in [2.05, 4.69) is 5.32 Å². The zero-order chi connectivity index (χ0) is 14.6. The largest absolute Gasteiger partial charge is 0.389 e. The van der Waals surface area contributed by atoms with Crippen LogP contribution in [-0.2, 0) is 4.79 Å². The smallest absolute Gasteiger partial charge is 0.251 e. The van der Waals surface area contributed by atoms with E-state index in [0.717, 1.165) is 0 Å². The van der Waals surface area contributed by atoms with E-state index in [4.69, 9.17) is 23.7 Å². The molecule has 5 N–H and O–H groups in total. The van der Waals surface area contributed by atoms with Gasteiger partial charge in [0.05, 0.1) is 5.41 Å². The lowest BCUT2D eigenvalue weighted by Gasteiger charge is -2.20. The highest BCUT2D eigenvalue weighted by Crippen LogP contribution is 2.12. The van der Waals surface area contributed by atoms with Gasteiger partial charge in [-0.05, 0) is 26.0 Å². The Hall–Kier alpha value is -1.95. The van der Waals surface area contributed by atoms with Crippen LogP contribution in [0.4, 0.5) is 0 Å². The molecule has 1 aromatic rings. The summed E-state index contributed by atoms with van der Waals surface area (Å²) in [5.41, 5.74) is 11.1. The molecule has 0 heterocycles. The zero-order valence-electron chi connectivity index (χ0n) is 10.9. The minimum atomic E-state index is -0.783.